The second-order valence-electron chi connectivity index (χ2n) is 7.35. The molecule has 146 valence electrons. The van der Waals surface area contributed by atoms with Gasteiger partial charge in [0.1, 0.15) is 10.4 Å². The van der Waals surface area contributed by atoms with Crippen LogP contribution in [0.15, 0.2) is 29.4 Å². The van der Waals surface area contributed by atoms with Gasteiger partial charge in [0.15, 0.2) is 0 Å². The molecule has 1 aromatic carbocycles. The third-order valence-electron chi connectivity index (χ3n) is 4.11. The number of amides is 2. The van der Waals surface area contributed by atoms with Crippen LogP contribution in [-0.4, -0.2) is 22.9 Å². The third kappa shape index (κ3) is 5.07. The van der Waals surface area contributed by atoms with Crippen molar-refractivity contribution in [1.29, 1.82) is 0 Å². The Bertz CT molecular complexity index is 904. The summed E-state index contributed by atoms with van der Waals surface area (Å²) < 4.78 is 7.95. The van der Waals surface area contributed by atoms with E-state index in [4.69, 9.17) is 10.5 Å². The predicted molar refractivity (Wildman–Crippen MR) is 107 cm³/mol. The van der Waals surface area contributed by atoms with E-state index in [0.717, 1.165) is 24.8 Å². The highest BCUT2D eigenvalue weighted by Crippen LogP contribution is 2.21. The van der Waals surface area contributed by atoms with Crippen LogP contribution >= 0.6 is 11.5 Å². The van der Waals surface area contributed by atoms with E-state index in [2.05, 4.69) is 42.8 Å². The van der Waals surface area contributed by atoms with E-state index >= 15 is 0 Å². The number of hydrogen-bond acceptors (Lipinski definition) is 4. The average Bonchev–Trinajstić information content (AvgIpc) is 3.02. The Morgan fingerprint density at radius 3 is 2.56 bits per heavy atom. The maximum atomic E-state index is 12.7. The Balaban J connectivity index is 2.48. The summed E-state index contributed by atoms with van der Waals surface area (Å²) in [5.74, 6) is -0.711. The molecule has 0 saturated carbocycles. The van der Waals surface area contributed by atoms with Gasteiger partial charge in [0, 0.05) is 22.9 Å². The van der Waals surface area contributed by atoms with Crippen molar-refractivity contribution in [3.8, 4) is 5.75 Å². The molecule has 2 N–H and O–H groups in total. The molecule has 0 saturated heterocycles. The number of primary amides is 1. The third-order valence-corrected chi connectivity index (χ3v) is 5.48. The molecule has 1 heterocycles. The van der Waals surface area contributed by atoms with E-state index in [1.165, 1.54) is 24.7 Å². The lowest BCUT2D eigenvalue weighted by Gasteiger charge is -2.19. The lowest BCUT2D eigenvalue weighted by Crippen LogP contribution is -2.18. The topological polar surface area (TPSA) is 86.7 Å². The number of carbonyl (C=O) groups excluding carboxylic acids is 2. The molecule has 0 bridgehead atoms. The van der Waals surface area contributed by atoms with Gasteiger partial charge < -0.3 is 10.5 Å². The summed E-state index contributed by atoms with van der Waals surface area (Å²) in [4.78, 5) is 28.6. The molecule has 2 amide bonds. The van der Waals surface area contributed by atoms with E-state index in [0.29, 0.717) is 16.0 Å². The fraction of sp³-hybridized carbons (Fsp3) is 0.450. The Kier molecular flexibility index (Phi) is 6.59. The number of aryl methyl sites for hydroxylation is 1. The summed E-state index contributed by atoms with van der Waals surface area (Å²) in [5.41, 5.74) is 6.84. The molecule has 7 heteroatoms. The first kappa shape index (κ1) is 20.9. The van der Waals surface area contributed by atoms with Gasteiger partial charge >= 0.3 is 0 Å². The quantitative estimate of drug-likeness (QED) is 0.820. The normalized spacial score (nSPS) is 12.3. The highest BCUT2D eigenvalue weighted by atomic mass is 32.1. The number of unbranched alkanes of at least 4 members (excludes halogenated alkanes) is 1. The molecule has 0 atom stereocenters. The molecular weight excluding hydrogens is 362 g/mol. The minimum absolute atomic E-state index is 0.0816. The predicted octanol–water partition coefficient (Wildman–Crippen LogP) is 3.50. The van der Waals surface area contributed by atoms with Gasteiger partial charge in [-0.3, -0.25) is 13.5 Å². The molecule has 0 radical (unpaired) electrons. The number of aromatic nitrogens is 1. The van der Waals surface area contributed by atoms with Gasteiger partial charge in [-0.15, -0.1) is 0 Å². The number of carbonyl (C=O) groups is 2. The van der Waals surface area contributed by atoms with E-state index in [1.54, 1.807) is 12.1 Å². The van der Waals surface area contributed by atoms with Crippen molar-refractivity contribution in [2.75, 3.05) is 7.11 Å². The Morgan fingerprint density at radius 2 is 2.00 bits per heavy atom. The highest BCUT2D eigenvalue weighted by molar-refractivity contribution is 7.04. The molecule has 0 aliphatic rings. The minimum Gasteiger partial charge on any atom is -0.496 e. The van der Waals surface area contributed by atoms with Gasteiger partial charge in [0.2, 0.25) is 0 Å². The first-order valence-corrected chi connectivity index (χ1v) is 9.74. The Hall–Kier alpha value is -2.41. The lowest BCUT2D eigenvalue weighted by atomic mass is 10.1. The summed E-state index contributed by atoms with van der Waals surface area (Å²) in [6.45, 7) is 8.47. The molecule has 6 nitrogen and oxygen atoms in total. The van der Waals surface area contributed by atoms with Gasteiger partial charge in [-0.25, -0.2) is 0 Å². The van der Waals surface area contributed by atoms with Crippen molar-refractivity contribution in [2.45, 2.75) is 52.5 Å². The second kappa shape index (κ2) is 8.52. The number of methoxy groups -OCH3 is 1. The number of nitrogens with two attached hydrogens (primary N) is 1. The van der Waals surface area contributed by atoms with Crippen molar-refractivity contribution in [1.82, 2.24) is 3.96 Å². The van der Waals surface area contributed by atoms with Crippen LogP contribution in [0.1, 0.15) is 66.8 Å². The molecule has 0 unspecified atom stereocenters. The van der Waals surface area contributed by atoms with Crippen LogP contribution in [-0.2, 0) is 12.0 Å². The largest absolute Gasteiger partial charge is 0.496 e. The second-order valence-corrected chi connectivity index (χ2v) is 8.31. The molecule has 0 fully saturated rings. The smallest absolute Gasteiger partial charge is 0.278 e. The molecule has 1 aromatic heterocycles. The number of nitrogens with zero attached hydrogens (tertiary/aromatic N) is 2. The Morgan fingerprint density at radius 1 is 1.30 bits per heavy atom. The molecule has 0 aliphatic heterocycles. The zero-order valence-electron chi connectivity index (χ0n) is 16.5. The van der Waals surface area contributed by atoms with Crippen LogP contribution in [0.2, 0.25) is 0 Å². The number of ether oxygens (including phenoxy) is 1. The molecule has 0 aliphatic carbocycles. The molecule has 0 spiro atoms. The zero-order valence-corrected chi connectivity index (χ0v) is 17.4. The standard InChI is InChI=1S/C20H27N3O3S/c1-6-7-8-14-12-23(20(2,3)4)27-19(14)22-18(25)13-9-10-16(26-5)15(11-13)17(21)24/h9-12H,6-8H2,1-5H3,(H2,21,24). The minimum atomic E-state index is -0.646. The van der Waals surface area contributed by atoms with Crippen LogP contribution in [0, 0.1) is 0 Å². The summed E-state index contributed by atoms with van der Waals surface area (Å²) in [7, 11) is 1.45. The van der Waals surface area contributed by atoms with Gasteiger partial charge in [0.25, 0.3) is 11.8 Å². The number of rotatable bonds is 6. The molecule has 2 aromatic rings. The van der Waals surface area contributed by atoms with Gasteiger partial charge in [-0.2, -0.15) is 4.99 Å². The first-order chi connectivity index (χ1) is 12.7. The van der Waals surface area contributed by atoms with Gasteiger partial charge in [-0.1, -0.05) is 13.3 Å². The first-order valence-electron chi connectivity index (χ1n) is 8.96. The highest BCUT2D eigenvalue weighted by Gasteiger charge is 2.17. The van der Waals surface area contributed by atoms with Crippen LogP contribution in [0.3, 0.4) is 0 Å². The molecule has 27 heavy (non-hydrogen) atoms. The summed E-state index contributed by atoms with van der Waals surface area (Å²) in [5, 5.41) is 0. The number of hydrogen-bond donors (Lipinski definition) is 1. The molecular formula is C20H27N3O3S. The van der Waals surface area contributed by atoms with Gasteiger partial charge in [0.05, 0.1) is 12.7 Å². The average molecular weight is 390 g/mol. The number of benzene rings is 1. The Labute approximate surface area is 163 Å². The van der Waals surface area contributed by atoms with Crippen LogP contribution < -0.4 is 15.1 Å². The fourth-order valence-electron chi connectivity index (χ4n) is 2.53. The maximum Gasteiger partial charge on any atom is 0.278 e. The molecule has 2 rings (SSSR count). The van der Waals surface area contributed by atoms with Crippen molar-refractivity contribution in [3.05, 3.63) is 45.8 Å². The zero-order chi connectivity index (χ0) is 20.2. The fourth-order valence-corrected chi connectivity index (χ4v) is 3.56. The van der Waals surface area contributed by atoms with Crippen molar-refractivity contribution in [2.24, 2.45) is 10.7 Å². The SMILES string of the molecule is CCCCc1cn(C(C)(C)C)sc1=NC(=O)c1ccc(OC)c(C(N)=O)c1. The maximum absolute atomic E-state index is 12.7. The summed E-state index contributed by atoms with van der Waals surface area (Å²) in [6.07, 6.45) is 5.05. The van der Waals surface area contributed by atoms with Crippen LogP contribution in [0.5, 0.6) is 5.75 Å². The summed E-state index contributed by atoms with van der Waals surface area (Å²) >= 11 is 1.47. The van der Waals surface area contributed by atoms with Crippen molar-refractivity contribution in [3.63, 3.8) is 0 Å². The van der Waals surface area contributed by atoms with E-state index in [9.17, 15) is 9.59 Å². The van der Waals surface area contributed by atoms with E-state index in [-0.39, 0.29) is 11.1 Å². The van der Waals surface area contributed by atoms with E-state index in [1.807, 2.05) is 0 Å². The van der Waals surface area contributed by atoms with Crippen LogP contribution in [0.25, 0.3) is 0 Å². The van der Waals surface area contributed by atoms with Crippen molar-refractivity contribution < 1.29 is 14.3 Å². The van der Waals surface area contributed by atoms with Gasteiger partial charge in [-0.05, 0) is 63.3 Å². The monoisotopic (exact) mass is 389 g/mol. The summed E-state index contributed by atoms with van der Waals surface area (Å²) in [6, 6.07) is 4.59. The lowest BCUT2D eigenvalue weighted by molar-refractivity contribution is 0.0997. The van der Waals surface area contributed by atoms with Crippen molar-refractivity contribution >= 4 is 23.3 Å². The van der Waals surface area contributed by atoms with E-state index < -0.39 is 11.8 Å². The van der Waals surface area contributed by atoms with Crippen LogP contribution in [0.4, 0.5) is 0 Å².